The largest absolute Gasteiger partial charge is 0.486 e. The molecule has 0 unspecified atom stereocenters. The van der Waals surface area contributed by atoms with Crippen molar-refractivity contribution in [2.24, 2.45) is 0 Å². The van der Waals surface area contributed by atoms with Gasteiger partial charge in [0.2, 0.25) is 11.9 Å². The molecule has 12 heteroatoms. The fourth-order valence-electron chi connectivity index (χ4n) is 4.95. The third-order valence-electron chi connectivity index (χ3n) is 6.99. The molecule has 40 heavy (non-hydrogen) atoms. The predicted molar refractivity (Wildman–Crippen MR) is 150 cm³/mol. The van der Waals surface area contributed by atoms with Crippen LogP contribution < -0.4 is 19.9 Å². The highest BCUT2D eigenvalue weighted by Crippen LogP contribution is 2.39. The van der Waals surface area contributed by atoms with E-state index in [4.69, 9.17) is 4.74 Å². The minimum atomic E-state index is -0.663. The number of piperazine rings is 1. The van der Waals surface area contributed by atoms with Gasteiger partial charge in [0, 0.05) is 37.8 Å². The minimum Gasteiger partial charge on any atom is -0.486 e. The molecule has 2 aliphatic heterocycles. The van der Waals surface area contributed by atoms with E-state index in [2.05, 4.69) is 25.2 Å². The highest BCUT2D eigenvalue weighted by molar-refractivity contribution is 5.78. The first-order valence-corrected chi connectivity index (χ1v) is 13.4. The third-order valence-corrected chi connectivity index (χ3v) is 6.99. The number of hydrogen-bond donors (Lipinski definition) is 1. The Balaban J connectivity index is 1.29. The van der Waals surface area contributed by atoms with Crippen LogP contribution in [0.5, 0.6) is 5.75 Å². The molecule has 1 saturated heterocycles. The number of nitrogens with one attached hydrogen (secondary N) is 1. The molecule has 0 atom stereocenters. The van der Waals surface area contributed by atoms with Gasteiger partial charge in [-0.25, -0.2) is 23.7 Å². The van der Waals surface area contributed by atoms with Crippen LogP contribution >= 0.6 is 0 Å². The number of fused-ring (bicyclic) bond motifs is 1. The highest BCUT2D eigenvalue weighted by atomic mass is 19.1. The van der Waals surface area contributed by atoms with E-state index < -0.39 is 11.6 Å². The number of ether oxygens (including phenoxy) is 1. The molecule has 1 amide bonds. The number of likely N-dealkylation sites (N-methyl/N-ethyl adjacent to an activating group) is 1. The number of carbonyl (C=O) groups is 1. The van der Waals surface area contributed by atoms with E-state index in [1.54, 1.807) is 18.3 Å². The summed E-state index contributed by atoms with van der Waals surface area (Å²) < 4.78 is 35.4. The van der Waals surface area contributed by atoms with Gasteiger partial charge in [-0.1, -0.05) is 0 Å². The molecule has 1 N–H and O–H groups in total. The lowest BCUT2D eigenvalue weighted by Crippen LogP contribution is -2.50. The Morgan fingerprint density at radius 3 is 2.50 bits per heavy atom. The van der Waals surface area contributed by atoms with E-state index in [1.807, 2.05) is 48.7 Å². The van der Waals surface area contributed by atoms with Gasteiger partial charge in [0.25, 0.3) is 0 Å². The van der Waals surface area contributed by atoms with E-state index in [0.29, 0.717) is 62.9 Å². The van der Waals surface area contributed by atoms with Crippen molar-refractivity contribution < 1.29 is 18.3 Å². The fourth-order valence-corrected chi connectivity index (χ4v) is 4.95. The first-order chi connectivity index (χ1) is 19.2. The summed E-state index contributed by atoms with van der Waals surface area (Å²) in [4.78, 5) is 33.1. The number of aromatic nitrogens is 3. The Morgan fingerprint density at radius 2 is 1.82 bits per heavy atom. The SMILES string of the molecule is CC(C)N1CCOc2c(F)cc(-c3nc(Nc4ccc(N5CCN(C(=O)CN(C)C)CC5)cn4)ncc3F)cc21. The lowest BCUT2D eigenvalue weighted by molar-refractivity contribution is -0.132. The van der Waals surface area contributed by atoms with E-state index in [1.165, 1.54) is 6.07 Å². The van der Waals surface area contributed by atoms with Crippen LogP contribution in [0.2, 0.25) is 0 Å². The Bertz CT molecular complexity index is 1360. The Labute approximate surface area is 232 Å². The molecule has 5 rings (SSSR count). The smallest absolute Gasteiger partial charge is 0.236 e. The summed E-state index contributed by atoms with van der Waals surface area (Å²) >= 11 is 0. The number of benzene rings is 1. The summed E-state index contributed by atoms with van der Waals surface area (Å²) in [5, 5.41) is 3.01. The van der Waals surface area contributed by atoms with Crippen LogP contribution in [0.25, 0.3) is 11.3 Å². The van der Waals surface area contributed by atoms with Gasteiger partial charge in [0.15, 0.2) is 17.4 Å². The highest BCUT2D eigenvalue weighted by Gasteiger charge is 2.26. The molecule has 0 aliphatic carbocycles. The third kappa shape index (κ3) is 5.91. The van der Waals surface area contributed by atoms with Gasteiger partial charge in [-0.05, 0) is 52.2 Å². The van der Waals surface area contributed by atoms with Gasteiger partial charge in [-0.15, -0.1) is 0 Å². The van der Waals surface area contributed by atoms with Crippen LogP contribution in [-0.2, 0) is 4.79 Å². The van der Waals surface area contributed by atoms with Gasteiger partial charge < -0.3 is 29.7 Å². The topological polar surface area (TPSA) is 90.0 Å². The maximum Gasteiger partial charge on any atom is 0.236 e. The average molecular weight is 553 g/mol. The van der Waals surface area contributed by atoms with Crippen molar-refractivity contribution in [1.29, 1.82) is 0 Å². The van der Waals surface area contributed by atoms with Crippen molar-refractivity contribution in [3.8, 4) is 17.0 Å². The molecule has 2 aliphatic rings. The molecular weight excluding hydrogens is 518 g/mol. The number of halogens is 2. The molecule has 2 aromatic heterocycles. The molecule has 1 aromatic carbocycles. The van der Waals surface area contributed by atoms with Crippen LogP contribution in [-0.4, -0.2) is 96.7 Å². The average Bonchev–Trinajstić information content (AvgIpc) is 2.94. The van der Waals surface area contributed by atoms with Crippen LogP contribution in [0.3, 0.4) is 0 Å². The van der Waals surface area contributed by atoms with Crippen molar-refractivity contribution in [2.75, 3.05) is 75.1 Å². The number of anilines is 4. The minimum absolute atomic E-state index is 0.0215. The molecule has 1 fully saturated rings. The zero-order chi connectivity index (χ0) is 28.4. The Hall–Kier alpha value is -4.06. The molecule has 4 heterocycles. The van der Waals surface area contributed by atoms with E-state index >= 15 is 0 Å². The summed E-state index contributed by atoms with van der Waals surface area (Å²) in [5.74, 6) is -0.307. The van der Waals surface area contributed by atoms with Crippen molar-refractivity contribution >= 4 is 29.0 Å². The summed E-state index contributed by atoms with van der Waals surface area (Å²) in [5.41, 5.74) is 1.78. The first-order valence-electron chi connectivity index (χ1n) is 13.4. The quantitative estimate of drug-likeness (QED) is 0.474. The van der Waals surface area contributed by atoms with Crippen molar-refractivity contribution in [2.45, 2.75) is 19.9 Å². The van der Waals surface area contributed by atoms with E-state index in [9.17, 15) is 13.6 Å². The van der Waals surface area contributed by atoms with Crippen LogP contribution in [0.15, 0.2) is 36.7 Å². The molecule has 0 saturated carbocycles. The van der Waals surface area contributed by atoms with E-state index in [0.717, 1.165) is 11.9 Å². The van der Waals surface area contributed by atoms with Crippen molar-refractivity contribution in [3.63, 3.8) is 0 Å². The maximum absolute atomic E-state index is 15.0. The number of hydrogen-bond acceptors (Lipinski definition) is 9. The molecule has 0 bridgehead atoms. The predicted octanol–water partition coefficient (Wildman–Crippen LogP) is 3.38. The van der Waals surface area contributed by atoms with Crippen LogP contribution in [0, 0.1) is 11.6 Å². The summed E-state index contributed by atoms with van der Waals surface area (Å²) in [6.45, 7) is 8.17. The summed E-state index contributed by atoms with van der Waals surface area (Å²) in [7, 11) is 3.77. The van der Waals surface area contributed by atoms with E-state index in [-0.39, 0.29) is 29.3 Å². The zero-order valence-corrected chi connectivity index (χ0v) is 23.2. The zero-order valence-electron chi connectivity index (χ0n) is 23.2. The summed E-state index contributed by atoms with van der Waals surface area (Å²) in [6.07, 6.45) is 2.80. The lowest BCUT2D eigenvalue weighted by atomic mass is 10.1. The second-order valence-electron chi connectivity index (χ2n) is 10.5. The number of pyridine rings is 1. The second-order valence-corrected chi connectivity index (χ2v) is 10.5. The monoisotopic (exact) mass is 552 g/mol. The Morgan fingerprint density at radius 1 is 1.05 bits per heavy atom. The fraction of sp³-hybridized carbons (Fsp3) is 0.429. The normalized spacial score (nSPS) is 15.3. The molecule has 3 aromatic rings. The number of nitrogens with zero attached hydrogens (tertiary/aromatic N) is 7. The maximum atomic E-state index is 15.0. The van der Waals surface area contributed by atoms with Crippen molar-refractivity contribution in [1.82, 2.24) is 24.8 Å². The van der Waals surface area contributed by atoms with Gasteiger partial charge >= 0.3 is 0 Å². The number of rotatable bonds is 7. The Kier molecular flexibility index (Phi) is 7.97. The van der Waals surface area contributed by atoms with Crippen LogP contribution in [0.4, 0.5) is 31.9 Å². The first kappa shape index (κ1) is 27.5. The van der Waals surface area contributed by atoms with Gasteiger partial charge in [0.1, 0.15) is 18.1 Å². The van der Waals surface area contributed by atoms with Crippen molar-refractivity contribution in [3.05, 3.63) is 48.3 Å². The molecule has 212 valence electrons. The van der Waals surface area contributed by atoms with Gasteiger partial charge in [-0.2, -0.15) is 0 Å². The summed E-state index contributed by atoms with van der Waals surface area (Å²) in [6, 6.07) is 6.78. The second kappa shape index (κ2) is 11.6. The lowest BCUT2D eigenvalue weighted by Gasteiger charge is -2.36. The molecule has 10 nitrogen and oxygen atoms in total. The number of carbonyl (C=O) groups excluding carboxylic acids is 1. The van der Waals surface area contributed by atoms with Gasteiger partial charge in [-0.3, -0.25) is 4.79 Å². The molecule has 0 spiro atoms. The van der Waals surface area contributed by atoms with Gasteiger partial charge in [0.05, 0.1) is 36.9 Å². The standard InChI is InChI=1S/C28H34F2N8O2/c1-18(2)38-11-12-40-27-21(29)13-19(14-23(27)38)26-22(30)16-32-28(34-26)33-24-6-5-20(15-31-24)36-7-9-37(10-8-36)25(39)17-35(3)4/h5-6,13-16,18H,7-12,17H2,1-4H3,(H,31,32,33,34). The van der Waals surface area contributed by atoms with Crippen LogP contribution in [0.1, 0.15) is 13.8 Å². The number of amides is 1. The molecule has 0 radical (unpaired) electrons. The molecular formula is C28H34F2N8O2.